The fourth-order valence-corrected chi connectivity index (χ4v) is 2.47. The maximum Gasteiger partial charge on any atom is 0.142 e. The van der Waals surface area contributed by atoms with Gasteiger partial charge in [-0.15, -0.1) is 0 Å². The lowest BCUT2D eigenvalue weighted by molar-refractivity contribution is 0.410. The molecule has 1 atom stereocenters. The quantitative estimate of drug-likeness (QED) is 0.905. The van der Waals surface area contributed by atoms with Crippen LogP contribution in [-0.2, 0) is 0 Å². The van der Waals surface area contributed by atoms with Crippen molar-refractivity contribution in [3.05, 3.63) is 63.6 Å². The molecule has 0 spiro atoms. The van der Waals surface area contributed by atoms with Crippen LogP contribution in [0, 0.1) is 11.6 Å². The van der Waals surface area contributed by atoms with E-state index in [0.29, 0.717) is 21.3 Å². The molecule has 0 saturated heterocycles. The smallest absolute Gasteiger partial charge is 0.142 e. The average molecular weight is 342 g/mol. The molecule has 1 N–H and O–H groups in total. The number of halogens is 3. The van der Waals surface area contributed by atoms with E-state index in [4.69, 9.17) is 4.74 Å². The van der Waals surface area contributed by atoms with Gasteiger partial charge in [-0.2, -0.15) is 0 Å². The van der Waals surface area contributed by atoms with E-state index < -0.39 is 17.7 Å². The second kappa shape index (κ2) is 6.33. The molecule has 106 valence electrons. The molecule has 0 amide bonds. The van der Waals surface area contributed by atoms with Crippen LogP contribution in [0.1, 0.15) is 17.2 Å². The number of ether oxygens (including phenoxy) is 1. The van der Waals surface area contributed by atoms with Crippen LogP contribution in [-0.4, -0.2) is 14.2 Å². The van der Waals surface area contributed by atoms with Crippen LogP contribution in [0.5, 0.6) is 5.75 Å². The van der Waals surface area contributed by atoms with Gasteiger partial charge in [0.1, 0.15) is 17.4 Å². The van der Waals surface area contributed by atoms with Crippen LogP contribution in [0.2, 0.25) is 0 Å². The summed E-state index contributed by atoms with van der Waals surface area (Å²) in [7, 11) is 3.13. The number of hydrogen-bond donors (Lipinski definition) is 1. The molecule has 0 fully saturated rings. The molecule has 0 heterocycles. The number of benzene rings is 2. The third-order valence-electron chi connectivity index (χ3n) is 3.10. The van der Waals surface area contributed by atoms with E-state index in [1.54, 1.807) is 37.4 Å². The van der Waals surface area contributed by atoms with Crippen molar-refractivity contribution in [1.29, 1.82) is 0 Å². The minimum Gasteiger partial charge on any atom is -0.497 e. The predicted molar refractivity (Wildman–Crippen MR) is 78.0 cm³/mol. The van der Waals surface area contributed by atoms with Gasteiger partial charge in [0, 0.05) is 17.2 Å². The van der Waals surface area contributed by atoms with Gasteiger partial charge in [0.05, 0.1) is 17.6 Å². The van der Waals surface area contributed by atoms with Gasteiger partial charge in [-0.3, -0.25) is 0 Å². The summed E-state index contributed by atoms with van der Waals surface area (Å²) >= 11 is 3.14. The first kappa shape index (κ1) is 14.9. The fourth-order valence-electron chi connectivity index (χ4n) is 2.09. The summed E-state index contributed by atoms with van der Waals surface area (Å²) in [6.07, 6.45) is 0. The van der Waals surface area contributed by atoms with E-state index in [1.165, 1.54) is 13.2 Å². The topological polar surface area (TPSA) is 21.3 Å². The highest BCUT2D eigenvalue weighted by Gasteiger charge is 2.21. The van der Waals surface area contributed by atoms with Gasteiger partial charge in [0.15, 0.2) is 0 Å². The van der Waals surface area contributed by atoms with E-state index in [9.17, 15) is 8.78 Å². The molecular formula is C15H14BrF2NO. The van der Waals surface area contributed by atoms with Gasteiger partial charge in [0.2, 0.25) is 0 Å². The maximum atomic E-state index is 14.2. The van der Waals surface area contributed by atoms with Gasteiger partial charge >= 0.3 is 0 Å². The summed E-state index contributed by atoms with van der Waals surface area (Å²) in [6.45, 7) is 0. The van der Waals surface area contributed by atoms with E-state index in [-0.39, 0.29) is 0 Å². The number of methoxy groups -OCH3 is 1. The van der Waals surface area contributed by atoms with Crippen LogP contribution in [0.15, 0.2) is 40.9 Å². The molecule has 0 bridgehead atoms. The van der Waals surface area contributed by atoms with Crippen LogP contribution in [0.3, 0.4) is 0 Å². The molecule has 0 saturated carbocycles. The molecule has 2 aromatic carbocycles. The monoisotopic (exact) mass is 341 g/mol. The Balaban J connectivity index is 2.50. The lowest BCUT2D eigenvalue weighted by Crippen LogP contribution is -2.20. The standard InChI is InChI=1S/C15H14BrF2NO/c1-19-15(11-4-3-5-12(16)14(11)18)10-7-6-9(20-2)8-13(10)17/h3-8,15,19H,1-2H3. The van der Waals surface area contributed by atoms with Gasteiger partial charge in [0.25, 0.3) is 0 Å². The minimum absolute atomic E-state index is 0.351. The second-order valence-electron chi connectivity index (χ2n) is 4.25. The summed E-state index contributed by atoms with van der Waals surface area (Å²) in [5, 5.41) is 2.94. The van der Waals surface area contributed by atoms with Crippen molar-refractivity contribution in [3.8, 4) is 5.75 Å². The molecule has 5 heteroatoms. The zero-order valence-electron chi connectivity index (χ0n) is 11.1. The Morgan fingerprint density at radius 1 is 1.15 bits per heavy atom. The molecule has 0 aliphatic heterocycles. The Morgan fingerprint density at radius 3 is 2.50 bits per heavy atom. The highest BCUT2D eigenvalue weighted by molar-refractivity contribution is 9.10. The van der Waals surface area contributed by atoms with Crippen LogP contribution >= 0.6 is 15.9 Å². The van der Waals surface area contributed by atoms with Crippen molar-refractivity contribution < 1.29 is 13.5 Å². The van der Waals surface area contributed by atoms with Crippen molar-refractivity contribution in [2.24, 2.45) is 0 Å². The van der Waals surface area contributed by atoms with Crippen LogP contribution in [0.25, 0.3) is 0 Å². The summed E-state index contributed by atoms with van der Waals surface area (Å²) in [4.78, 5) is 0. The molecule has 0 aliphatic rings. The van der Waals surface area contributed by atoms with Gasteiger partial charge in [-0.1, -0.05) is 18.2 Å². The summed E-state index contributed by atoms with van der Waals surface area (Å²) in [5.41, 5.74) is 0.747. The zero-order chi connectivity index (χ0) is 14.7. The van der Waals surface area contributed by atoms with Crippen molar-refractivity contribution in [2.45, 2.75) is 6.04 Å². The van der Waals surface area contributed by atoms with Crippen LogP contribution in [0.4, 0.5) is 8.78 Å². The number of hydrogen-bond acceptors (Lipinski definition) is 2. The van der Waals surface area contributed by atoms with E-state index in [0.717, 1.165) is 0 Å². The normalized spacial score (nSPS) is 12.2. The lowest BCUT2D eigenvalue weighted by atomic mass is 9.97. The molecular weight excluding hydrogens is 328 g/mol. The molecule has 20 heavy (non-hydrogen) atoms. The molecule has 1 unspecified atom stereocenters. The van der Waals surface area contributed by atoms with Crippen molar-refractivity contribution in [1.82, 2.24) is 5.32 Å². The van der Waals surface area contributed by atoms with E-state index >= 15 is 0 Å². The molecule has 2 nitrogen and oxygen atoms in total. The summed E-state index contributed by atoms with van der Waals surface area (Å²) in [5.74, 6) is -0.416. The maximum absolute atomic E-state index is 14.2. The average Bonchev–Trinajstić information content (AvgIpc) is 2.45. The first-order chi connectivity index (χ1) is 9.58. The highest BCUT2D eigenvalue weighted by Crippen LogP contribution is 2.30. The van der Waals surface area contributed by atoms with Crippen LogP contribution < -0.4 is 10.1 Å². The zero-order valence-corrected chi connectivity index (χ0v) is 12.7. The van der Waals surface area contributed by atoms with Gasteiger partial charge in [-0.05, 0) is 35.1 Å². The number of nitrogens with one attached hydrogen (secondary N) is 1. The lowest BCUT2D eigenvalue weighted by Gasteiger charge is -2.19. The molecule has 2 rings (SSSR count). The van der Waals surface area contributed by atoms with Gasteiger partial charge < -0.3 is 10.1 Å². The van der Waals surface area contributed by atoms with E-state index in [1.807, 2.05) is 0 Å². The summed E-state index contributed by atoms with van der Waals surface area (Å²) in [6, 6.07) is 8.91. The predicted octanol–water partition coefficient (Wildman–Crippen LogP) is 4.04. The van der Waals surface area contributed by atoms with Gasteiger partial charge in [-0.25, -0.2) is 8.78 Å². The highest BCUT2D eigenvalue weighted by atomic mass is 79.9. The number of rotatable bonds is 4. The third-order valence-corrected chi connectivity index (χ3v) is 3.71. The van der Waals surface area contributed by atoms with E-state index in [2.05, 4.69) is 21.2 Å². The first-order valence-electron chi connectivity index (χ1n) is 6.03. The molecule has 2 aromatic rings. The second-order valence-corrected chi connectivity index (χ2v) is 5.11. The minimum atomic E-state index is -0.571. The Labute approximate surface area is 124 Å². The first-order valence-corrected chi connectivity index (χ1v) is 6.82. The Kier molecular flexibility index (Phi) is 4.73. The van der Waals surface area contributed by atoms with Crippen molar-refractivity contribution >= 4 is 15.9 Å². The summed E-state index contributed by atoms with van der Waals surface area (Å²) < 4.78 is 33.6. The van der Waals surface area contributed by atoms with Crippen molar-refractivity contribution in [2.75, 3.05) is 14.2 Å². The fraction of sp³-hybridized carbons (Fsp3) is 0.200. The third kappa shape index (κ3) is 2.83. The Bertz CT molecular complexity index is 619. The Hall–Kier alpha value is -1.46. The molecule has 0 aromatic heterocycles. The largest absolute Gasteiger partial charge is 0.497 e. The van der Waals surface area contributed by atoms with Crippen molar-refractivity contribution in [3.63, 3.8) is 0 Å². The Morgan fingerprint density at radius 2 is 1.90 bits per heavy atom. The SMILES string of the molecule is CNC(c1ccc(OC)cc1F)c1cccc(Br)c1F. The molecule has 0 radical (unpaired) electrons. The molecule has 0 aliphatic carbocycles.